The summed E-state index contributed by atoms with van der Waals surface area (Å²) in [6.45, 7) is 8.34. The third-order valence-corrected chi connectivity index (χ3v) is 4.95. The molecule has 0 bridgehead atoms. The molecule has 0 unspecified atom stereocenters. The fourth-order valence-corrected chi connectivity index (χ4v) is 3.34. The third kappa shape index (κ3) is 5.21. The number of hydrogen-bond acceptors (Lipinski definition) is 4. The number of benzene rings is 1. The van der Waals surface area contributed by atoms with E-state index in [0.29, 0.717) is 13.0 Å². The van der Waals surface area contributed by atoms with Gasteiger partial charge in [-0.05, 0) is 45.2 Å². The zero-order chi connectivity index (χ0) is 20.0. The van der Waals surface area contributed by atoms with E-state index in [4.69, 9.17) is 0 Å². The molecule has 0 fully saturated rings. The van der Waals surface area contributed by atoms with Gasteiger partial charge in [-0.25, -0.2) is 4.79 Å². The number of hydrogen-bond donors (Lipinski definition) is 3. The number of fused-ring (bicyclic) bond motifs is 1. The van der Waals surface area contributed by atoms with Gasteiger partial charge in [0.25, 0.3) is 0 Å². The number of nitrogens with one attached hydrogen (secondary N) is 3. The molecule has 1 heterocycles. The van der Waals surface area contributed by atoms with Crippen LogP contribution in [0.5, 0.6) is 0 Å². The first-order valence-electron chi connectivity index (χ1n) is 9.60. The minimum absolute atomic E-state index is 0.00688. The molecule has 0 aliphatic carbocycles. The summed E-state index contributed by atoms with van der Waals surface area (Å²) in [4.78, 5) is 38.6. The average Bonchev–Trinajstić information content (AvgIpc) is 2.63. The first kappa shape index (κ1) is 20.7. The lowest BCUT2D eigenvalue weighted by atomic mass is 9.85. The molecule has 27 heavy (non-hydrogen) atoms. The fourth-order valence-electron chi connectivity index (χ4n) is 3.34. The fraction of sp³-hybridized carbons (Fsp3) is 0.550. The van der Waals surface area contributed by atoms with E-state index in [9.17, 15) is 14.4 Å². The van der Waals surface area contributed by atoms with Crippen LogP contribution in [0.3, 0.4) is 0 Å². The molecule has 0 radical (unpaired) electrons. The van der Waals surface area contributed by atoms with Crippen molar-refractivity contribution in [2.45, 2.75) is 58.5 Å². The lowest BCUT2D eigenvalue weighted by Gasteiger charge is -2.40. The number of carbonyl (C=O) groups excluding carboxylic acids is 3. The molecule has 3 N–H and O–H groups in total. The normalized spacial score (nSPS) is 19.6. The number of rotatable bonds is 6. The van der Waals surface area contributed by atoms with Gasteiger partial charge in [0.2, 0.25) is 11.8 Å². The number of carbonyl (C=O) groups is 3. The number of nitrogens with zero attached hydrogens (tertiary/aromatic N) is 1. The zero-order valence-electron chi connectivity index (χ0n) is 16.5. The minimum Gasteiger partial charge on any atom is -0.359 e. The molecular weight excluding hydrogens is 344 g/mol. The van der Waals surface area contributed by atoms with Gasteiger partial charge >= 0.3 is 6.03 Å². The Bertz CT molecular complexity index is 692. The van der Waals surface area contributed by atoms with E-state index in [1.165, 1.54) is 0 Å². The lowest BCUT2D eigenvalue weighted by molar-refractivity contribution is -0.123. The molecule has 7 heteroatoms. The maximum atomic E-state index is 12.8. The maximum absolute atomic E-state index is 12.8. The Hall–Kier alpha value is -2.57. The minimum atomic E-state index is -0.494. The number of urea groups is 1. The van der Waals surface area contributed by atoms with Gasteiger partial charge < -0.3 is 15.5 Å². The summed E-state index contributed by atoms with van der Waals surface area (Å²) in [5.41, 5.74) is 1.79. The van der Waals surface area contributed by atoms with Crippen molar-refractivity contribution in [2.75, 3.05) is 18.0 Å². The number of amides is 4. The van der Waals surface area contributed by atoms with E-state index in [1.807, 2.05) is 49.9 Å². The van der Waals surface area contributed by atoms with Crippen molar-refractivity contribution >= 4 is 23.5 Å². The topological polar surface area (TPSA) is 90.5 Å². The van der Waals surface area contributed by atoms with Gasteiger partial charge in [0.05, 0.1) is 12.5 Å². The van der Waals surface area contributed by atoms with Crippen LogP contribution in [0.15, 0.2) is 24.3 Å². The molecule has 0 saturated carbocycles. The second-order valence-corrected chi connectivity index (χ2v) is 7.05. The summed E-state index contributed by atoms with van der Waals surface area (Å²) in [5.74, 6) is -0.590. The van der Waals surface area contributed by atoms with E-state index in [2.05, 4.69) is 16.0 Å². The lowest BCUT2D eigenvalue weighted by Crippen LogP contribution is -2.50. The third-order valence-electron chi connectivity index (χ3n) is 4.95. The standard InChI is InChI=1S/C20H30N4O3/c1-5-13(3)22-19(26)16-11-14(4)24(17-10-8-7-9-15(16)17)12-18(25)23-20(27)21-6-2/h7-10,13-14,16H,5-6,11-12H2,1-4H3,(H,22,26)(H2,21,23,25,27)/t13-,14-,16-/m1/s1. The second kappa shape index (κ2) is 9.39. The highest BCUT2D eigenvalue weighted by molar-refractivity contribution is 5.97. The Kier molecular flexibility index (Phi) is 7.21. The first-order chi connectivity index (χ1) is 12.9. The van der Waals surface area contributed by atoms with Crippen LogP contribution in [0.2, 0.25) is 0 Å². The predicted molar refractivity (Wildman–Crippen MR) is 106 cm³/mol. The molecule has 2 rings (SSSR count). The smallest absolute Gasteiger partial charge is 0.321 e. The summed E-state index contributed by atoms with van der Waals surface area (Å²) >= 11 is 0. The van der Waals surface area contributed by atoms with E-state index < -0.39 is 6.03 Å². The van der Waals surface area contributed by atoms with E-state index >= 15 is 0 Å². The van der Waals surface area contributed by atoms with Crippen LogP contribution in [0.1, 0.15) is 52.0 Å². The Balaban J connectivity index is 2.18. The van der Waals surface area contributed by atoms with Crippen molar-refractivity contribution in [3.05, 3.63) is 29.8 Å². The first-order valence-corrected chi connectivity index (χ1v) is 9.60. The van der Waals surface area contributed by atoms with Gasteiger partial charge in [-0.2, -0.15) is 0 Å². The number of para-hydroxylation sites is 1. The summed E-state index contributed by atoms with van der Waals surface area (Å²) < 4.78 is 0. The molecule has 1 aliphatic rings. The highest BCUT2D eigenvalue weighted by Crippen LogP contribution is 2.38. The van der Waals surface area contributed by atoms with Crippen LogP contribution >= 0.6 is 0 Å². The quantitative estimate of drug-likeness (QED) is 0.711. The van der Waals surface area contributed by atoms with Crippen molar-refractivity contribution in [3.8, 4) is 0 Å². The van der Waals surface area contributed by atoms with Crippen molar-refractivity contribution < 1.29 is 14.4 Å². The predicted octanol–water partition coefficient (Wildman–Crippen LogP) is 2.13. The summed E-state index contributed by atoms with van der Waals surface area (Å²) in [5, 5.41) is 7.95. The van der Waals surface area contributed by atoms with Gasteiger partial charge in [-0.15, -0.1) is 0 Å². The maximum Gasteiger partial charge on any atom is 0.321 e. The van der Waals surface area contributed by atoms with Crippen molar-refractivity contribution in [3.63, 3.8) is 0 Å². The molecule has 0 saturated heterocycles. The van der Waals surface area contributed by atoms with Crippen LogP contribution in [0.4, 0.5) is 10.5 Å². The van der Waals surface area contributed by atoms with E-state index in [0.717, 1.165) is 17.7 Å². The molecular formula is C20H30N4O3. The van der Waals surface area contributed by atoms with Crippen LogP contribution < -0.4 is 20.9 Å². The van der Waals surface area contributed by atoms with Crippen LogP contribution in [0, 0.1) is 0 Å². The monoisotopic (exact) mass is 374 g/mol. The van der Waals surface area contributed by atoms with Gasteiger partial charge in [-0.1, -0.05) is 25.1 Å². The number of imide groups is 1. The summed E-state index contributed by atoms with van der Waals surface area (Å²) in [6, 6.07) is 7.30. The zero-order valence-corrected chi connectivity index (χ0v) is 16.5. The van der Waals surface area contributed by atoms with Gasteiger partial charge in [0.15, 0.2) is 0 Å². The van der Waals surface area contributed by atoms with Crippen molar-refractivity contribution in [2.24, 2.45) is 0 Å². The van der Waals surface area contributed by atoms with Crippen LogP contribution in [0.25, 0.3) is 0 Å². The Morgan fingerprint density at radius 2 is 1.93 bits per heavy atom. The molecule has 4 amide bonds. The molecule has 0 spiro atoms. The van der Waals surface area contributed by atoms with Crippen LogP contribution in [-0.4, -0.2) is 43.0 Å². The van der Waals surface area contributed by atoms with Gasteiger partial charge in [0.1, 0.15) is 0 Å². The molecule has 148 valence electrons. The molecule has 7 nitrogen and oxygen atoms in total. The highest BCUT2D eigenvalue weighted by Gasteiger charge is 2.35. The number of anilines is 1. The molecule has 0 aromatic heterocycles. The largest absolute Gasteiger partial charge is 0.359 e. The molecule has 3 atom stereocenters. The molecule has 1 aliphatic heterocycles. The Morgan fingerprint density at radius 3 is 2.59 bits per heavy atom. The summed E-state index contributed by atoms with van der Waals surface area (Å²) in [7, 11) is 0. The molecule has 1 aromatic carbocycles. The van der Waals surface area contributed by atoms with Gasteiger partial charge in [-0.3, -0.25) is 14.9 Å². The highest BCUT2D eigenvalue weighted by atomic mass is 16.2. The Morgan fingerprint density at radius 1 is 1.22 bits per heavy atom. The van der Waals surface area contributed by atoms with E-state index in [-0.39, 0.29) is 36.4 Å². The van der Waals surface area contributed by atoms with Crippen molar-refractivity contribution in [1.29, 1.82) is 0 Å². The van der Waals surface area contributed by atoms with Gasteiger partial charge in [0, 0.05) is 24.3 Å². The van der Waals surface area contributed by atoms with Crippen molar-refractivity contribution in [1.82, 2.24) is 16.0 Å². The summed E-state index contributed by atoms with van der Waals surface area (Å²) in [6.07, 6.45) is 1.50. The SMILES string of the molecule is CCNC(=O)NC(=O)CN1c2ccccc2[C@H](C(=O)N[C@H](C)CC)C[C@H]1C. The van der Waals surface area contributed by atoms with Crippen LogP contribution in [-0.2, 0) is 9.59 Å². The Labute approximate surface area is 160 Å². The molecule has 1 aromatic rings. The second-order valence-electron chi connectivity index (χ2n) is 7.05. The van der Waals surface area contributed by atoms with E-state index in [1.54, 1.807) is 6.92 Å². The average molecular weight is 374 g/mol.